The number of carbonyl (C=O) groups is 1. The van der Waals surface area contributed by atoms with Crippen LogP contribution in [0.3, 0.4) is 0 Å². The molecule has 0 radical (unpaired) electrons. The predicted molar refractivity (Wildman–Crippen MR) is 73.1 cm³/mol. The number of rotatable bonds is 3. The lowest BCUT2D eigenvalue weighted by Gasteiger charge is -2.29. The molecule has 1 aromatic carbocycles. The van der Waals surface area contributed by atoms with Gasteiger partial charge in [0.05, 0.1) is 10.0 Å². The summed E-state index contributed by atoms with van der Waals surface area (Å²) < 4.78 is 6.70. The number of hydrogen-bond acceptors (Lipinski definition) is 2. The van der Waals surface area contributed by atoms with E-state index in [1.807, 2.05) is 0 Å². The van der Waals surface area contributed by atoms with Crippen LogP contribution in [-0.2, 0) is 0 Å². The first kappa shape index (κ1) is 13.4. The van der Waals surface area contributed by atoms with Crippen molar-refractivity contribution < 1.29 is 14.6 Å². The molecule has 1 aromatic rings. The highest BCUT2D eigenvalue weighted by atomic mass is 79.9. The Morgan fingerprint density at radius 1 is 1.39 bits per heavy atom. The first-order valence-electron chi connectivity index (χ1n) is 6.27. The molecule has 0 saturated heterocycles. The van der Waals surface area contributed by atoms with Gasteiger partial charge in [-0.05, 0) is 59.3 Å². The fraction of sp³-hybridized carbons (Fsp3) is 0.500. The quantitative estimate of drug-likeness (QED) is 0.913. The van der Waals surface area contributed by atoms with E-state index in [1.165, 1.54) is 19.3 Å². The van der Waals surface area contributed by atoms with Crippen LogP contribution in [0.15, 0.2) is 22.7 Å². The van der Waals surface area contributed by atoms with E-state index < -0.39 is 5.97 Å². The third kappa shape index (κ3) is 3.05. The number of hydrogen-bond donors (Lipinski definition) is 1. The van der Waals surface area contributed by atoms with Crippen molar-refractivity contribution in [2.75, 3.05) is 0 Å². The molecule has 0 aliphatic heterocycles. The summed E-state index contributed by atoms with van der Waals surface area (Å²) in [6.45, 7) is 2.21. The third-order valence-corrected chi connectivity index (χ3v) is 4.11. The zero-order valence-corrected chi connectivity index (χ0v) is 11.9. The zero-order chi connectivity index (χ0) is 13.1. The van der Waals surface area contributed by atoms with E-state index in [0.717, 1.165) is 12.2 Å². The molecule has 2 unspecified atom stereocenters. The minimum absolute atomic E-state index is 0.241. The van der Waals surface area contributed by atoms with Crippen LogP contribution in [0.4, 0.5) is 0 Å². The molecule has 2 atom stereocenters. The zero-order valence-electron chi connectivity index (χ0n) is 10.4. The van der Waals surface area contributed by atoms with Crippen molar-refractivity contribution in [1.82, 2.24) is 0 Å². The van der Waals surface area contributed by atoms with Crippen LogP contribution in [0.2, 0.25) is 0 Å². The lowest BCUT2D eigenvalue weighted by atomic mass is 9.88. The second kappa shape index (κ2) is 5.74. The second-order valence-corrected chi connectivity index (χ2v) is 5.72. The Balaban J connectivity index is 2.11. The number of aromatic carboxylic acids is 1. The van der Waals surface area contributed by atoms with E-state index in [1.54, 1.807) is 18.2 Å². The second-order valence-electron chi connectivity index (χ2n) is 4.87. The Kier molecular flexibility index (Phi) is 4.27. The molecule has 98 valence electrons. The molecule has 0 spiro atoms. The number of benzene rings is 1. The van der Waals surface area contributed by atoms with E-state index in [0.29, 0.717) is 10.4 Å². The Labute approximate surface area is 115 Å². The highest BCUT2D eigenvalue weighted by molar-refractivity contribution is 9.10. The Bertz CT molecular complexity index is 445. The topological polar surface area (TPSA) is 46.5 Å². The van der Waals surface area contributed by atoms with E-state index in [9.17, 15) is 4.79 Å². The van der Waals surface area contributed by atoms with Crippen molar-refractivity contribution in [2.24, 2.45) is 5.92 Å². The summed E-state index contributed by atoms with van der Waals surface area (Å²) >= 11 is 3.37. The van der Waals surface area contributed by atoms with Gasteiger partial charge in [0.25, 0.3) is 0 Å². The molecule has 0 amide bonds. The lowest BCUT2D eigenvalue weighted by molar-refractivity contribution is 0.0696. The van der Waals surface area contributed by atoms with Gasteiger partial charge in [0, 0.05) is 0 Å². The van der Waals surface area contributed by atoms with Crippen LogP contribution < -0.4 is 4.74 Å². The maximum Gasteiger partial charge on any atom is 0.335 e. The van der Waals surface area contributed by atoms with Gasteiger partial charge in [0.15, 0.2) is 0 Å². The van der Waals surface area contributed by atoms with Gasteiger partial charge in [-0.3, -0.25) is 0 Å². The molecular weight excluding hydrogens is 296 g/mol. The summed E-state index contributed by atoms with van der Waals surface area (Å²) in [5.74, 6) is 0.372. The number of carboxylic acid groups (broad SMARTS) is 1. The maximum atomic E-state index is 10.8. The van der Waals surface area contributed by atoms with Crippen molar-refractivity contribution in [3.05, 3.63) is 28.2 Å². The third-order valence-electron chi connectivity index (χ3n) is 3.49. The molecule has 1 saturated carbocycles. The van der Waals surface area contributed by atoms with E-state index in [4.69, 9.17) is 9.84 Å². The van der Waals surface area contributed by atoms with Crippen molar-refractivity contribution >= 4 is 21.9 Å². The molecule has 4 heteroatoms. The van der Waals surface area contributed by atoms with E-state index >= 15 is 0 Å². The average Bonchev–Trinajstić information content (AvgIpc) is 2.34. The van der Waals surface area contributed by atoms with Gasteiger partial charge in [-0.15, -0.1) is 0 Å². The largest absolute Gasteiger partial charge is 0.489 e. The number of carboxylic acids is 1. The molecule has 1 aliphatic rings. The summed E-state index contributed by atoms with van der Waals surface area (Å²) in [5.41, 5.74) is 0.269. The first-order chi connectivity index (χ1) is 8.58. The Hall–Kier alpha value is -1.03. The number of halogens is 1. The lowest BCUT2D eigenvalue weighted by Crippen LogP contribution is -2.28. The Morgan fingerprint density at radius 3 is 2.72 bits per heavy atom. The monoisotopic (exact) mass is 312 g/mol. The molecular formula is C14H17BrO3. The SMILES string of the molecule is CC1CCCCC1Oc1ccc(C(=O)O)cc1Br. The van der Waals surface area contributed by atoms with E-state index in [-0.39, 0.29) is 11.7 Å². The standard InChI is InChI=1S/C14H17BrO3/c1-9-4-2-3-5-12(9)18-13-7-6-10(14(16)17)8-11(13)15/h6-9,12H,2-5H2,1H3,(H,16,17). The van der Waals surface area contributed by atoms with Gasteiger partial charge in [-0.2, -0.15) is 0 Å². The fourth-order valence-corrected chi connectivity index (χ4v) is 2.82. The van der Waals surface area contributed by atoms with Gasteiger partial charge < -0.3 is 9.84 Å². The predicted octanol–water partition coefficient (Wildman–Crippen LogP) is 4.10. The van der Waals surface area contributed by atoms with Crippen molar-refractivity contribution in [2.45, 2.75) is 38.7 Å². The van der Waals surface area contributed by atoms with Gasteiger partial charge in [-0.25, -0.2) is 4.79 Å². The van der Waals surface area contributed by atoms with Crippen molar-refractivity contribution in [3.8, 4) is 5.75 Å². The molecule has 2 rings (SSSR count). The van der Waals surface area contributed by atoms with Crippen LogP contribution in [0, 0.1) is 5.92 Å². The highest BCUT2D eigenvalue weighted by Crippen LogP contribution is 2.32. The molecule has 0 aromatic heterocycles. The smallest absolute Gasteiger partial charge is 0.335 e. The molecule has 1 N–H and O–H groups in total. The molecule has 18 heavy (non-hydrogen) atoms. The first-order valence-corrected chi connectivity index (χ1v) is 7.06. The molecule has 3 nitrogen and oxygen atoms in total. The molecule has 0 bridgehead atoms. The van der Waals surface area contributed by atoms with Gasteiger partial charge >= 0.3 is 5.97 Å². The van der Waals surface area contributed by atoms with Gasteiger partial charge in [-0.1, -0.05) is 13.3 Å². The van der Waals surface area contributed by atoms with Crippen LogP contribution in [0.5, 0.6) is 5.75 Å². The maximum absolute atomic E-state index is 10.8. The van der Waals surface area contributed by atoms with Crippen LogP contribution in [-0.4, -0.2) is 17.2 Å². The highest BCUT2D eigenvalue weighted by Gasteiger charge is 2.23. The molecule has 1 fully saturated rings. The summed E-state index contributed by atoms with van der Waals surface area (Å²) in [6, 6.07) is 4.90. The number of ether oxygens (including phenoxy) is 1. The van der Waals surface area contributed by atoms with Gasteiger partial charge in [0.1, 0.15) is 11.9 Å². The average molecular weight is 313 g/mol. The summed E-state index contributed by atoms with van der Waals surface area (Å²) in [5, 5.41) is 8.90. The summed E-state index contributed by atoms with van der Waals surface area (Å²) in [7, 11) is 0. The van der Waals surface area contributed by atoms with Gasteiger partial charge in [0.2, 0.25) is 0 Å². The van der Waals surface area contributed by atoms with Crippen LogP contribution >= 0.6 is 15.9 Å². The normalized spacial score (nSPS) is 23.7. The van der Waals surface area contributed by atoms with E-state index in [2.05, 4.69) is 22.9 Å². The molecule has 1 aliphatic carbocycles. The molecule has 0 heterocycles. The van der Waals surface area contributed by atoms with Crippen LogP contribution in [0.25, 0.3) is 0 Å². The summed E-state index contributed by atoms with van der Waals surface area (Å²) in [6.07, 6.45) is 5.01. The van der Waals surface area contributed by atoms with Crippen LogP contribution in [0.1, 0.15) is 43.0 Å². The Morgan fingerprint density at radius 2 is 2.11 bits per heavy atom. The van der Waals surface area contributed by atoms with Crippen molar-refractivity contribution in [1.29, 1.82) is 0 Å². The minimum atomic E-state index is -0.923. The summed E-state index contributed by atoms with van der Waals surface area (Å²) in [4.78, 5) is 10.8. The minimum Gasteiger partial charge on any atom is -0.489 e. The van der Waals surface area contributed by atoms with Crippen molar-refractivity contribution in [3.63, 3.8) is 0 Å². The fourth-order valence-electron chi connectivity index (χ4n) is 2.35.